The highest BCUT2D eigenvalue weighted by molar-refractivity contribution is 7.99. The lowest BCUT2D eigenvalue weighted by Gasteiger charge is -2.11. The molecule has 0 heterocycles. The molecule has 0 aromatic heterocycles. The van der Waals surface area contributed by atoms with Crippen molar-refractivity contribution >= 4 is 17.6 Å². The Hall–Kier alpha value is -2.93. The Morgan fingerprint density at radius 1 is 0.824 bits per heavy atom. The Morgan fingerprint density at radius 2 is 1.41 bits per heavy atom. The second kappa shape index (κ2) is 11.5. The molecule has 7 heteroatoms. The summed E-state index contributed by atoms with van der Waals surface area (Å²) in [6, 6.07) is 10.2. The lowest BCUT2D eigenvalue weighted by atomic mass is 9.98. The predicted octanol–water partition coefficient (Wildman–Crippen LogP) is 8.99. The van der Waals surface area contributed by atoms with Gasteiger partial charge in [0.1, 0.15) is 29.1 Å². The van der Waals surface area contributed by atoms with Crippen LogP contribution in [0.5, 0.6) is 0 Å². The normalized spacial score (nSPS) is 12.0. The Kier molecular flexibility index (Phi) is 8.67. The fourth-order valence-corrected chi connectivity index (χ4v) is 4.11. The maximum absolute atomic E-state index is 14.7. The Labute approximate surface area is 199 Å². The number of aryl methyl sites for hydroxylation is 1. The summed E-state index contributed by atoms with van der Waals surface area (Å²) in [6.45, 7) is 5.00. The van der Waals surface area contributed by atoms with Gasteiger partial charge in [0.05, 0.1) is 4.90 Å². The quantitative estimate of drug-likeness (QED) is 0.163. The van der Waals surface area contributed by atoms with Gasteiger partial charge in [-0.25, -0.2) is 26.3 Å². The van der Waals surface area contributed by atoms with Crippen LogP contribution in [0.2, 0.25) is 0 Å². The minimum Gasteiger partial charge on any atom is -0.209 e. The van der Waals surface area contributed by atoms with Gasteiger partial charge in [-0.15, -0.1) is 18.3 Å². The molecule has 34 heavy (non-hydrogen) atoms. The highest BCUT2D eigenvalue weighted by Gasteiger charge is 2.16. The van der Waals surface area contributed by atoms with Crippen molar-refractivity contribution < 1.29 is 26.3 Å². The fraction of sp³-hybridized carbons (Fsp3) is 0.185. The molecule has 0 unspecified atom stereocenters. The average molecular weight is 493 g/mol. The van der Waals surface area contributed by atoms with Crippen LogP contribution in [-0.4, -0.2) is 5.75 Å². The van der Waals surface area contributed by atoms with E-state index < -0.39 is 34.9 Å². The number of rotatable bonds is 9. The standard InChI is InChI=1S/C27H22F6S/c1-3-11-34-27-24(31)12-16(13-25(27)32)5-10-20-22(29)14-19(15-23(20)30)17-6-8-18(9-7-17)26(33)21(28)4-2/h3,6-9,12-15H,1,4-5,10-11H2,2H3/b26-21+. The lowest BCUT2D eigenvalue weighted by molar-refractivity contribution is 0.535. The van der Waals surface area contributed by atoms with E-state index in [4.69, 9.17) is 0 Å². The minimum absolute atomic E-state index is 0.0361. The van der Waals surface area contributed by atoms with Crippen molar-refractivity contribution in [3.63, 3.8) is 0 Å². The third-order valence-corrected chi connectivity index (χ3v) is 6.31. The molecule has 0 aliphatic heterocycles. The molecule has 0 atom stereocenters. The predicted molar refractivity (Wildman–Crippen MR) is 126 cm³/mol. The van der Waals surface area contributed by atoms with E-state index in [1.54, 1.807) is 0 Å². The van der Waals surface area contributed by atoms with Crippen molar-refractivity contribution in [2.75, 3.05) is 5.75 Å². The van der Waals surface area contributed by atoms with E-state index in [-0.39, 0.29) is 46.4 Å². The van der Waals surface area contributed by atoms with E-state index in [1.807, 2.05) is 0 Å². The van der Waals surface area contributed by atoms with Crippen molar-refractivity contribution in [2.24, 2.45) is 0 Å². The van der Waals surface area contributed by atoms with E-state index in [9.17, 15) is 26.3 Å². The van der Waals surface area contributed by atoms with Gasteiger partial charge in [-0.05, 0) is 60.2 Å². The van der Waals surface area contributed by atoms with Crippen molar-refractivity contribution in [1.29, 1.82) is 0 Å². The molecule has 0 aliphatic rings. The van der Waals surface area contributed by atoms with Crippen LogP contribution in [-0.2, 0) is 12.8 Å². The van der Waals surface area contributed by atoms with Crippen LogP contribution in [0.3, 0.4) is 0 Å². The smallest absolute Gasteiger partial charge is 0.161 e. The molecule has 0 saturated carbocycles. The van der Waals surface area contributed by atoms with E-state index in [0.29, 0.717) is 11.3 Å². The molecular weight excluding hydrogens is 470 g/mol. The first kappa shape index (κ1) is 25.7. The van der Waals surface area contributed by atoms with Gasteiger partial charge >= 0.3 is 0 Å². The summed E-state index contributed by atoms with van der Waals surface area (Å²) in [5.74, 6) is -4.57. The summed E-state index contributed by atoms with van der Waals surface area (Å²) in [4.78, 5) is -0.121. The van der Waals surface area contributed by atoms with Crippen molar-refractivity contribution in [1.82, 2.24) is 0 Å². The first-order valence-electron chi connectivity index (χ1n) is 10.6. The molecular formula is C27H22F6S. The molecule has 3 aromatic rings. The van der Waals surface area contributed by atoms with Crippen LogP contribution in [0, 0.1) is 23.3 Å². The average Bonchev–Trinajstić information content (AvgIpc) is 2.82. The van der Waals surface area contributed by atoms with Crippen LogP contribution in [0.25, 0.3) is 17.0 Å². The van der Waals surface area contributed by atoms with Crippen LogP contribution >= 0.6 is 11.8 Å². The van der Waals surface area contributed by atoms with Gasteiger partial charge in [0, 0.05) is 16.9 Å². The number of hydrogen-bond acceptors (Lipinski definition) is 1. The SMILES string of the molecule is C=CCSc1c(F)cc(CCc2c(F)cc(-c3ccc(/C(F)=C(\F)CC)cc3)cc2F)cc1F. The third kappa shape index (κ3) is 5.95. The number of halogens is 6. The highest BCUT2D eigenvalue weighted by Crippen LogP contribution is 2.30. The van der Waals surface area contributed by atoms with Crippen LogP contribution in [0.1, 0.15) is 30.0 Å². The van der Waals surface area contributed by atoms with Gasteiger partial charge in [-0.2, -0.15) is 0 Å². The molecule has 0 radical (unpaired) electrons. The molecule has 0 spiro atoms. The number of allylic oxidation sites excluding steroid dienone is 1. The number of thioether (sulfide) groups is 1. The molecule has 3 aromatic carbocycles. The summed E-state index contributed by atoms with van der Waals surface area (Å²) in [6.07, 6.45) is 1.39. The maximum Gasteiger partial charge on any atom is 0.161 e. The Morgan fingerprint density at radius 3 is 1.94 bits per heavy atom. The first-order valence-corrected chi connectivity index (χ1v) is 11.6. The molecule has 0 nitrogen and oxygen atoms in total. The third-order valence-electron chi connectivity index (χ3n) is 5.23. The molecule has 3 rings (SSSR count). The molecule has 0 fully saturated rings. The van der Waals surface area contributed by atoms with E-state index in [0.717, 1.165) is 36.0 Å². The first-order chi connectivity index (χ1) is 16.2. The number of benzene rings is 3. The molecule has 0 N–H and O–H groups in total. The van der Waals surface area contributed by atoms with Gasteiger partial charge in [-0.3, -0.25) is 0 Å². The summed E-state index contributed by atoms with van der Waals surface area (Å²) in [5.41, 5.74) is 0.769. The summed E-state index contributed by atoms with van der Waals surface area (Å²) in [5, 5.41) is 0. The van der Waals surface area contributed by atoms with Gasteiger partial charge in [0.25, 0.3) is 0 Å². The van der Waals surface area contributed by atoms with Gasteiger partial charge in [0.15, 0.2) is 5.83 Å². The zero-order chi connectivity index (χ0) is 24.8. The Balaban J connectivity index is 1.78. The number of hydrogen-bond donors (Lipinski definition) is 0. The van der Waals surface area contributed by atoms with Gasteiger partial charge in [0.2, 0.25) is 0 Å². The van der Waals surface area contributed by atoms with Crippen molar-refractivity contribution in [2.45, 2.75) is 31.1 Å². The molecule has 0 aliphatic carbocycles. The molecule has 0 saturated heterocycles. The fourth-order valence-electron chi connectivity index (χ4n) is 3.44. The summed E-state index contributed by atoms with van der Waals surface area (Å²) < 4.78 is 85.2. The molecule has 0 bridgehead atoms. The van der Waals surface area contributed by atoms with Crippen molar-refractivity contribution in [3.05, 3.63) is 107 Å². The van der Waals surface area contributed by atoms with Crippen LogP contribution in [0.15, 0.2) is 71.9 Å². The Bertz CT molecular complexity index is 1170. The lowest BCUT2D eigenvalue weighted by Crippen LogP contribution is -2.01. The highest BCUT2D eigenvalue weighted by atomic mass is 32.2. The second-order valence-electron chi connectivity index (χ2n) is 7.56. The topological polar surface area (TPSA) is 0 Å². The summed E-state index contributed by atoms with van der Waals surface area (Å²) in [7, 11) is 0. The zero-order valence-electron chi connectivity index (χ0n) is 18.4. The van der Waals surface area contributed by atoms with Gasteiger partial charge < -0.3 is 0 Å². The minimum atomic E-state index is -0.970. The van der Waals surface area contributed by atoms with E-state index in [1.165, 1.54) is 37.3 Å². The van der Waals surface area contributed by atoms with E-state index >= 15 is 0 Å². The monoisotopic (exact) mass is 492 g/mol. The second-order valence-corrected chi connectivity index (χ2v) is 8.59. The van der Waals surface area contributed by atoms with Crippen molar-refractivity contribution in [3.8, 4) is 11.1 Å². The zero-order valence-corrected chi connectivity index (χ0v) is 19.2. The summed E-state index contributed by atoms with van der Waals surface area (Å²) >= 11 is 0.976. The molecule has 0 amide bonds. The molecule has 178 valence electrons. The van der Waals surface area contributed by atoms with Crippen LogP contribution < -0.4 is 0 Å². The van der Waals surface area contributed by atoms with E-state index in [2.05, 4.69) is 6.58 Å². The van der Waals surface area contributed by atoms with Crippen LogP contribution in [0.4, 0.5) is 26.3 Å². The largest absolute Gasteiger partial charge is 0.209 e. The maximum atomic E-state index is 14.7. The van der Waals surface area contributed by atoms with Gasteiger partial charge in [-0.1, -0.05) is 37.3 Å².